The largest absolute Gasteiger partial charge is 0.495 e. The molecule has 0 radical (unpaired) electrons. The van der Waals surface area contributed by atoms with Crippen molar-refractivity contribution in [2.45, 2.75) is 30.9 Å². The Bertz CT molecular complexity index is 1240. The van der Waals surface area contributed by atoms with Crippen LogP contribution in [0.1, 0.15) is 25.3 Å². The average molecular weight is 444 g/mol. The Labute approximate surface area is 191 Å². The monoisotopic (exact) mass is 443 g/mol. The zero-order chi connectivity index (χ0) is 22.3. The number of nitrogens with two attached hydrogens (primary N) is 1. The van der Waals surface area contributed by atoms with Gasteiger partial charge < -0.3 is 15.6 Å². The highest BCUT2D eigenvalue weighted by molar-refractivity contribution is 7.19. The Hall–Kier alpha value is -3.06. The van der Waals surface area contributed by atoms with Crippen LogP contribution in [0.25, 0.3) is 32.3 Å². The van der Waals surface area contributed by atoms with Crippen molar-refractivity contribution in [3.8, 4) is 38.0 Å². The Morgan fingerprint density at radius 3 is 2.34 bits per heavy atom. The van der Waals surface area contributed by atoms with E-state index in [0.29, 0.717) is 18.6 Å². The van der Waals surface area contributed by atoms with Crippen molar-refractivity contribution in [1.29, 1.82) is 0 Å². The molecule has 6 heteroatoms. The molecule has 1 fully saturated rings. The van der Waals surface area contributed by atoms with Crippen molar-refractivity contribution in [1.82, 2.24) is 9.97 Å². The second kappa shape index (κ2) is 7.81. The third kappa shape index (κ3) is 3.81. The highest BCUT2D eigenvalue weighted by Crippen LogP contribution is 2.47. The minimum Gasteiger partial charge on any atom is -0.495 e. The third-order valence-electron chi connectivity index (χ3n) is 5.98. The number of hydrogen-bond acceptors (Lipinski definition) is 6. The summed E-state index contributed by atoms with van der Waals surface area (Å²) in [6, 6.07) is 20.5. The number of hydrogen-bond donors (Lipinski definition) is 2. The van der Waals surface area contributed by atoms with Gasteiger partial charge in [0.25, 0.3) is 0 Å². The summed E-state index contributed by atoms with van der Waals surface area (Å²) in [6.07, 6.45) is 4.63. The molecule has 0 atom stereocenters. The lowest BCUT2D eigenvalue weighted by atomic mass is 9.63. The van der Waals surface area contributed by atoms with Crippen LogP contribution in [0, 0.1) is 0 Å². The van der Waals surface area contributed by atoms with E-state index in [-0.39, 0.29) is 0 Å². The average Bonchev–Trinajstić information content (AvgIpc) is 3.24. The van der Waals surface area contributed by atoms with Crippen LogP contribution in [-0.4, -0.2) is 27.8 Å². The van der Waals surface area contributed by atoms with E-state index in [1.807, 2.05) is 37.4 Å². The molecule has 0 bridgehead atoms. The number of thiazole rings is 1. The van der Waals surface area contributed by atoms with Gasteiger partial charge in [0.2, 0.25) is 0 Å². The molecule has 3 N–H and O–H groups in total. The van der Waals surface area contributed by atoms with Crippen LogP contribution in [0.4, 0.5) is 0 Å². The SMILES string of the molecule is COc1cncc(-c2nc(-c3ccc([C@]4(N)C[C@](C)(O)C4)cc3)c(-c3ccccc3)s2)c1. The summed E-state index contributed by atoms with van der Waals surface area (Å²) in [5.74, 6) is 0.703. The van der Waals surface area contributed by atoms with Gasteiger partial charge in [-0.25, -0.2) is 4.98 Å². The van der Waals surface area contributed by atoms with Crippen LogP contribution in [0.3, 0.4) is 0 Å². The van der Waals surface area contributed by atoms with Crippen molar-refractivity contribution in [2.24, 2.45) is 5.73 Å². The number of aliphatic hydroxyl groups is 1. The molecule has 0 spiro atoms. The molecule has 2 aromatic heterocycles. The van der Waals surface area contributed by atoms with E-state index in [1.54, 1.807) is 24.6 Å². The van der Waals surface area contributed by atoms with Gasteiger partial charge in [-0.2, -0.15) is 0 Å². The molecule has 5 nitrogen and oxygen atoms in total. The second-order valence-electron chi connectivity index (χ2n) is 8.76. The highest BCUT2D eigenvalue weighted by Gasteiger charge is 2.49. The number of aromatic nitrogens is 2. The Morgan fingerprint density at radius 1 is 0.969 bits per heavy atom. The molecular formula is C26H25N3O2S. The molecule has 1 aliphatic carbocycles. The summed E-state index contributed by atoms with van der Waals surface area (Å²) in [5, 5.41) is 11.0. The van der Waals surface area contributed by atoms with Gasteiger partial charge in [-0.15, -0.1) is 11.3 Å². The lowest BCUT2D eigenvalue weighted by molar-refractivity contribution is -0.0738. The van der Waals surface area contributed by atoms with E-state index < -0.39 is 11.1 Å². The molecule has 1 saturated carbocycles. The van der Waals surface area contributed by atoms with E-state index in [9.17, 15) is 5.11 Å². The van der Waals surface area contributed by atoms with Gasteiger partial charge >= 0.3 is 0 Å². The van der Waals surface area contributed by atoms with Crippen LogP contribution in [0.5, 0.6) is 5.75 Å². The van der Waals surface area contributed by atoms with Gasteiger partial charge in [0.15, 0.2) is 0 Å². The standard InChI is InChI=1S/C26H25N3O2S/c1-25(30)15-26(27,16-25)20-10-8-17(9-11-20)22-23(18-6-4-3-5-7-18)32-24(29-22)19-12-21(31-2)14-28-13-19/h3-14,30H,15-16,27H2,1-2H3/t25-,26-. The topological polar surface area (TPSA) is 81.3 Å². The number of pyridine rings is 1. The number of rotatable bonds is 5. The second-order valence-corrected chi connectivity index (χ2v) is 9.76. The van der Waals surface area contributed by atoms with Crippen LogP contribution in [0.15, 0.2) is 73.1 Å². The number of methoxy groups -OCH3 is 1. The van der Waals surface area contributed by atoms with Crippen molar-refractivity contribution in [3.05, 3.63) is 78.6 Å². The van der Waals surface area contributed by atoms with E-state index >= 15 is 0 Å². The molecule has 0 aliphatic heterocycles. The van der Waals surface area contributed by atoms with E-state index in [2.05, 4.69) is 41.4 Å². The smallest absolute Gasteiger partial charge is 0.137 e. The molecule has 0 saturated heterocycles. The zero-order valence-corrected chi connectivity index (χ0v) is 18.9. The quantitative estimate of drug-likeness (QED) is 0.440. The number of ether oxygens (including phenoxy) is 1. The first-order valence-corrected chi connectivity index (χ1v) is 11.4. The van der Waals surface area contributed by atoms with Gasteiger partial charge in [0, 0.05) is 22.9 Å². The van der Waals surface area contributed by atoms with Crippen molar-refractivity contribution < 1.29 is 9.84 Å². The molecule has 0 unspecified atom stereocenters. The Kier molecular flexibility index (Phi) is 5.08. The maximum absolute atomic E-state index is 10.2. The highest BCUT2D eigenvalue weighted by atomic mass is 32.1. The molecule has 4 aromatic rings. The van der Waals surface area contributed by atoms with Crippen molar-refractivity contribution in [3.63, 3.8) is 0 Å². The fraction of sp³-hybridized carbons (Fsp3) is 0.231. The lowest BCUT2D eigenvalue weighted by Crippen LogP contribution is -2.58. The molecular weight excluding hydrogens is 418 g/mol. The molecule has 1 aliphatic rings. The molecule has 0 amide bonds. The van der Waals surface area contributed by atoms with Crippen LogP contribution in [-0.2, 0) is 5.54 Å². The number of nitrogens with zero attached hydrogens (tertiary/aromatic N) is 2. The first kappa shape index (κ1) is 20.8. The minimum absolute atomic E-state index is 0.468. The van der Waals surface area contributed by atoms with Crippen molar-refractivity contribution >= 4 is 11.3 Å². The first-order valence-electron chi connectivity index (χ1n) is 10.5. The fourth-order valence-electron chi connectivity index (χ4n) is 4.54. The third-order valence-corrected chi connectivity index (χ3v) is 7.14. The normalized spacial score (nSPS) is 22.4. The predicted molar refractivity (Wildman–Crippen MR) is 128 cm³/mol. The summed E-state index contributed by atoms with van der Waals surface area (Å²) >= 11 is 1.64. The summed E-state index contributed by atoms with van der Waals surface area (Å²) < 4.78 is 5.34. The van der Waals surface area contributed by atoms with Crippen molar-refractivity contribution in [2.75, 3.05) is 7.11 Å². The first-order chi connectivity index (χ1) is 15.4. The summed E-state index contributed by atoms with van der Waals surface area (Å²) in [7, 11) is 1.64. The Morgan fingerprint density at radius 2 is 1.69 bits per heavy atom. The number of benzene rings is 2. The molecule has 162 valence electrons. The van der Waals surface area contributed by atoms with Crippen LogP contribution >= 0.6 is 11.3 Å². The summed E-state index contributed by atoms with van der Waals surface area (Å²) in [4.78, 5) is 10.4. The lowest BCUT2D eigenvalue weighted by Gasteiger charge is -2.49. The predicted octanol–water partition coefficient (Wildman–Crippen LogP) is 5.25. The van der Waals surface area contributed by atoms with Gasteiger partial charge in [-0.3, -0.25) is 4.98 Å². The fourth-order valence-corrected chi connectivity index (χ4v) is 5.62. The van der Waals surface area contributed by atoms with Crippen LogP contribution < -0.4 is 10.5 Å². The van der Waals surface area contributed by atoms with Gasteiger partial charge in [0.1, 0.15) is 10.8 Å². The minimum atomic E-state index is -0.678. The maximum atomic E-state index is 10.2. The van der Waals surface area contributed by atoms with Crippen LogP contribution in [0.2, 0.25) is 0 Å². The Balaban J connectivity index is 1.56. The molecule has 5 rings (SSSR count). The van der Waals surface area contributed by atoms with Gasteiger partial charge in [-0.05, 0) is 37.0 Å². The van der Waals surface area contributed by atoms with Gasteiger partial charge in [-0.1, -0.05) is 54.6 Å². The zero-order valence-electron chi connectivity index (χ0n) is 18.1. The maximum Gasteiger partial charge on any atom is 0.137 e. The van der Waals surface area contributed by atoms with E-state index in [4.69, 9.17) is 15.5 Å². The summed E-state index contributed by atoms with van der Waals surface area (Å²) in [5.41, 5.74) is 10.4. The molecule has 32 heavy (non-hydrogen) atoms. The van der Waals surface area contributed by atoms with E-state index in [1.165, 1.54) is 0 Å². The van der Waals surface area contributed by atoms with E-state index in [0.717, 1.165) is 37.8 Å². The molecule has 2 aromatic carbocycles. The molecule has 2 heterocycles. The van der Waals surface area contributed by atoms with Gasteiger partial charge in [0.05, 0.1) is 29.5 Å². The summed E-state index contributed by atoms with van der Waals surface area (Å²) in [6.45, 7) is 1.84.